The number of hydrogen-bond donors (Lipinski definition) is 1. The molecule has 0 radical (unpaired) electrons. The van der Waals surface area contributed by atoms with E-state index >= 15 is 0 Å². The van der Waals surface area contributed by atoms with Crippen molar-refractivity contribution in [1.29, 1.82) is 0 Å². The maximum Gasteiger partial charge on any atom is 0.168 e. The van der Waals surface area contributed by atoms with Crippen molar-refractivity contribution in [2.75, 3.05) is 14.2 Å². The van der Waals surface area contributed by atoms with Gasteiger partial charge < -0.3 is 14.8 Å². The fourth-order valence-electron chi connectivity index (χ4n) is 2.87. The van der Waals surface area contributed by atoms with Crippen LogP contribution in [0.4, 0.5) is 0 Å². The van der Waals surface area contributed by atoms with Crippen molar-refractivity contribution in [3.05, 3.63) is 35.9 Å². The third-order valence-electron chi connectivity index (χ3n) is 4.08. The average Bonchev–Trinajstić information content (AvgIpc) is 2.57. The Hall–Kier alpha value is -2.07. The Morgan fingerprint density at radius 1 is 1.17 bits per heavy atom. The van der Waals surface area contributed by atoms with Gasteiger partial charge in [0.05, 0.1) is 20.3 Å². The normalized spacial score (nSPS) is 12.2. The molecule has 0 bridgehead atoms. The molecule has 0 heterocycles. The number of ketones is 1. The number of nitrogens with one attached hydrogen (secondary N) is 1. The molecule has 2 aromatic carbocycles. The zero-order chi connectivity index (χ0) is 16.8. The van der Waals surface area contributed by atoms with Crippen molar-refractivity contribution in [2.24, 2.45) is 0 Å². The molecule has 4 heteroatoms. The lowest BCUT2D eigenvalue weighted by Crippen LogP contribution is -2.34. The van der Waals surface area contributed by atoms with Gasteiger partial charge in [0.25, 0.3) is 0 Å². The minimum absolute atomic E-state index is 0.105. The van der Waals surface area contributed by atoms with Gasteiger partial charge in [0.1, 0.15) is 5.78 Å². The number of carbonyl (C=O) groups is 1. The quantitative estimate of drug-likeness (QED) is 0.807. The average molecular weight is 315 g/mol. The first-order valence-corrected chi connectivity index (χ1v) is 7.98. The topological polar surface area (TPSA) is 47.6 Å². The predicted molar refractivity (Wildman–Crippen MR) is 93.3 cm³/mol. The molecule has 1 unspecified atom stereocenters. The monoisotopic (exact) mass is 315 g/mol. The van der Waals surface area contributed by atoms with Crippen LogP contribution in [0.2, 0.25) is 0 Å². The molecule has 23 heavy (non-hydrogen) atoms. The maximum atomic E-state index is 11.7. The zero-order valence-electron chi connectivity index (χ0n) is 14.3. The Morgan fingerprint density at radius 2 is 1.87 bits per heavy atom. The first-order valence-electron chi connectivity index (χ1n) is 7.98. The van der Waals surface area contributed by atoms with Crippen LogP contribution < -0.4 is 14.8 Å². The number of benzene rings is 2. The third-order valence-corrected chi connectivity index (χ3v) is 4.08. The lowest BCUT2D eigenvalue weighted by atomic mass is 10.0. The predicted octanol–water partition coefficient (Wildman–Crippen LogP) is 3.70. The number of methoxy groups -OCH3 is 2. The molecular weight excluding hydrogens is 290 g/mol. The molecule has 0 fully saturated rings. The first kappa shape index (κ1) is 17.3. The van der Waals surface area contributed by atoms with E-state index in [4.69, 9.17) is 9.47 Å². The van der Waals surface area contributed by atoms with E-state index in [1.165, 1.54) is 0 Å². The highest BCUT2D eigenvalue weighted by Gasteiger charge is 2.16. The van der Waals surface area contributed by atoms with Crippen LogP contribution in [-0.2, 0) is 11.3 Å². The van der Waals surface area contributed by atoms with Gasteiger partial charge in [-0.25, -0.2) is 0 Å². The number of hydrogen-bond acceptors (Lipinski definition) is 4. The van der Waals surface area contributed by atoms with Crippen molar-refractivity contribution in [3.8, 4) is 11.5 Å². The van der Waals surface area contributed by atoms with E-state index in [0.29, 0.717) is 12.3 Å². The van der Waals surface area contributed by atoms with E-state index in [1.54, 1.807) is 21.1 Å². The van der Waals surface area contributed by atoms with Crippen LogP contribution in [0, 0.1) is 0 Å². The van der Waals surface area contributed by atoms with E-state index in [-0.39, 0.29) is 11.8 Å². The summed E-state index contributed by atoms with van der Waals surface area (Å²) in [6.07, 6.45) is 1.82. The summed E-state index contributed by atoms with van der Waals surface area (Å²) in [5.41, 5.74) is 1.10. The number of rotatable bonds is 8. The second-order valence-corrected chi connectivity index (χ2v) is 5.65. The van der Waals surface area contributed by atoms with Crippen molar-refractivity contribution in [2.45, 2.75) is 39.3 Å². The highest BCUT2D eigenvalue weighted by atomic mass is 16.5. The number of fused-ring (bicyclic) bond motifs is 1. The summed E-state index contributed by atoms with van der Waals surface area (Å²) in [4.78, 5) is 11.7. The van der Waals surface area contributed by atoms with Crippen LogP contribution in [0.15, 0.2) is 30.3 Å². The molecule has 0 amide bonds. The van der Waals surface area contributed by atoms with E-state index < -0.39 is 0 Å². The molecule has 4 nitrogen and oxygen atoms in total. The second kappa shape index (κ2) is 7.97. The first-order chi connectivity index (χ1) is 11.1. The molecule has 0 aliphatic heterocycles. The van der Waals surface area contributed by atoms with Gasteiger partial charge in [-0.15, -0.1) is 0 Å². The molecule has 124 valence electrons. The Labute approximate surface area is 137 Å². The van der Waals surface area contributed by atoms with Crippen LogP contribution in [-0.4, -0.2) is 26.0 Å². The molecule has 0 aromatic heterocycles. The van der Waals surface area contributed by atoms with E-state index in [0.717, 1.165) is 34.9 Å². The van der Waals surface area contributed by atoms with Gasteiger partial charge in [-0.05, 0) is 30.4 Å². The van der Waals surface area contributed by atoms with Gasteiger partial charge in [-0.1, -0.05) is 37.6 Å². The summed E-state index contributed by atoms with van der Waals surface area (Å²) < 4.78 is 11.0. The molecule has 0 saturated heterocycles. The lowest BCUT2D eigenvalue weighted by Gasteiger charge is -2.18. The summed E-state index contributed by atoms with van der Waals surface area (Å²) >= 11 is 0. The Balaban J connectivity index is 2.38. The van der Waals surface area contributed by atoms with Gasteiger partial charge >= 0.3 is 0 Å². The van der Waals surface area contributed by atoms with Crippen molar-refractivity contribution >= 4 is 16.6 Å². The SMILES string of the molecule is CCCC(NCc1cc(OC)c(OC)c2ccccc12)C(C)=O. The summed E-state index contributed by atoms with van der Waals surface area (Å²) in [7, 11) is 3.29. The van der Waals surface area contributed by atoms with Crippen LogP contribution in [0.5, 0.6) is 11.5 Å². The van der Waals surface area contributed by atoms with E-state index in [1.807, 2.05) is 24.3 Å². The molecule has 0 saturated carbocycles. The molecule has 2 aromatic rings. The van der Waals surface area contributed by atoms with Crippen LogP contribution >= 0.6 is 0 Å². The molecule has 1 N–H and O–H groups in total. The molecule has 0 spiro atoms. The summed E-state index contributed by atoms with van der Waals surface area (Å²) in [6, 6.07) is 9.96. The van der Waals surface area contributed by atoms with E-state index in [2.05, 4.69) is 18.3 Å². The largest absolute Gasteiger partial charge is 0.493 e. The Bertz CT molecular complexity index is 682. The molecule has 0 aliphatic rings. The minimum Gasteiger partial charge on any atom is -0.493 e. The lowest BCUT2D eigenvalue weighted by molar-refractivity contribution is -0.119. The maximum absolute atomic E-state index is 11.7. The van der Waals surface area contributed by atoms with Crippen molar-refractivity contribution in [1.82, 2.24) is 5.32 Å². The van der Waals surface area contributed by atoms with Crippen LogP contribution in [0.1, 0.15) is 32.3 Å². The summed E-state index contributed by atoms with van der Waals surface area (Å²) in [5, 5.41) is 5.49. The second-order valence-electron chi connectivity index (χ2n) is 5.65. The molecule has 0 aliphatic carbocycles. The summed E-state index contributed by atoms with van der Waals surface area (Å²) in [5.74, 6) is 1.62. The highest BCUT2D eigenvalue weighted by molar-refractivity contribution is 5.93. The van der Waals surface area contributed by atoms with Crippen LogP contribution in [0.3, 0.4) is 0 Å². The third kappa shape index (κ3) is 3.82. The van der Waals surface area contributed by atoms with Crippen LogP contribution in [0.25, 0.3) is 10.8 Å². The highest BCUT2D eigenvalue weighted by Crippen LogP contribution is 2.37. The standard InChI is InChI=1S/C19H25NO3/c1-5-8-17(13(2)21)20-12-14-11-18(22-3)19(23-4)16-10-7-6-9-15(14)16/h6-7,9-11,17,20H,5,8,12H2,1-4H3. The smallest absolute Gasteiger partial charge is 0.168 e. The van der Waals surface area contributed by atoms with Gasteiger partial charge in [-0.2, -0.15) is 0 Å². The van der Waals surface area contributed by atoms with E-state index in [9.17, 15) is 4.79 Å². The summed E-state index contributed by atoms with van der Waals surface area (Å²) in [6.45, 7) is 4.34. The van der Waals surface area contributed by atoms with Gasteiger partial charge in [0, 0.05) is 11.9 Å². The van der Waals surface area contributed by atoms with Crippen molar-refractivity contribution < 1.29 is 14.3 Å². The molecule has 2 rings (SSSR count). The van der Waals surface area contributed by atoms with Gasteiger partial charge in [0.2, 0.25) is 0 Å². The minimum atomic E-state index is -0.105. The Kier molecular flexibility index (Phi) is 5.99. The molecule has 1 atom stereocenters. The Morgan fingerprint density at radius 3 is 2.43 bits per heavy atom. The molecular formula is C19H25NO3. The van der Waals surface area contributed by atoms with Gasteiger partial charge in [-0.3, -0.25) is 4.79 Å². The fourth-order valence-corrected chi connectivity index (χ4v) is 2.87. The zero-order valence-corrected chi connectivity index (χ0v) is 14.3. The number of carbonyl (C=O) groups excluding carboxylic acids is 1. The number of Topliss-reactive ketones (excluding diaryl/α,β-unsaturated/α-hetero) is 1. The number of ether oxygens (including phenoxy) is 2. The van der Waals surface area contributed by atoms with Crippen molar-refractivity contribution in [3.63, 3.8) is 0 Å². The van der Waals surface area contributed by atoms with Gasteiger partial charge in [0.15, 0.2) is 11.5 Å². The fraction of sp³-hybridized carbons (Fsp3) is 0.421.